The van der Waals surface area contributed by atoms with Gasteiger partial charge in [0.25, 0.3) is 0 Å². The van der Waals surface area contributed by atoms with Crippen LogP contribution >= 0.6 is 22.6 Å². The minimum Gasteiger partial charge on any atom is -0.406 e. The normalized spacial score (nSPS) is 12.1. The number of hydrogen-bond acceptors (Lipinski definition) is 2. The van der Waals surface area contributed by atoms with Crippen LogP contribution in [-0.2, 0) is 4.43 Å². The molecule has 0 spiro atoms. The van der Waals surface area contributed by atoms with E-state index in [-0.39, 0.29) is 5.04 Å². The lowest BCUT2D eigenvalue weighted by molar-refractivity contribution is 0.334. The van der Waals surface area contributed by atoms with Crippen molar-refractivity contribution in [3.05, 3.63) is 16.2 Å². The summed E-state index contributed by atoms with van der Waals surface area (Å²) in [4.78, 5) is 4.10. The zero-order valence-electron chi connectivity index (χ0n) is 11.0. The second-order valence-corrected chi connectivity index (χ2v) is 11.2. The van der Waals surface area contributed by atoms with Gasteiger partial charge in [0.1, 0.15) is 0 Å². The Morgan fingerprint density at radius 2 is 2.12 bits per heavy atom. The molecule has 0 aliphatic carbocycles. The van der Waals surface area contributed by atoms with Crippen molar-refractivity contribution < 1.29 is 4.43 Å². The summed E-state index contributed by atoms with van der Waals surface area (Å²) in [6, 6.07) is 3.01. The van der Waals surface area contributed by atoms with Crippen molar-refractivity contribution in [2.45, 2.75) is 38.9 Å². The lowest BCUT2D eigenvalue weighted by Gasteiger charge is -2.35. The molecule has 0 aromatic carbocycles. The van der Waals surface area contributed by atoms with E-state index in [9.17, 15) is 0 Å². The van der Waals surface area contributed by atoms with E-state index in [1.54, 1.807) is 10.8 Å². The Balaban J connectivity index is 2.55. The molecule has 0 aliphatic heterocycles. The average Bonchev–Trinajstić information content (AvgIpc) is 2.57. The Labute approximate surface area is 118 Å². The molecule has 1 rings (SSSR count). The van der Waals surface area contributed by atoms with Gasteiger partial charge in [-0.25, -0.2) is 4.98 Å². The Hall–Kier alpha value is -0.323. The zero-order valence-corrected chi connectivity index (χ0v) is 14.2. The van der Waals surface area contributed by atoms with E-state index in [1.807, 2.05) is 6.20 Å². The molecule has 1 aromatic heterocycles. The second kappa shape index (κ2) is 5.55. The molecule has 0 saturated heterocycles. The predicted octanol–water partition coefficient (Wildman–Crippen LogP) is 3.32. The maximum atomic E-state index is 5.96. The van der Waals surface area contributed by atoms with Crippen molar-refractivity contribution in [1.82, 2.24) is 9.55 Å². The number of aromatic nitrogens is 2. The number of rotatable bonds is 2. The number of imidazole rings is 1. The third-order valence-corrected chi connectivity index (χ3v) is 8.38. The van der Waals surface area contributed by atoms with Crippen LogP contribution in [0.5, 0.6) is 0 Å². The zero-order chi connectivity index (χ0) is 13.1. The van der Waals surface area contributed by atoms with Crippen LogP contribution in [0.3, 0.4) is 0 Å². The van der Waals surface area contributed by atoms with Crippen molar-refractivity contribution in [2.24, 2.45) is 0 Å². The van der Waals surface area contributed by atoms with Crippen molar-refractivity contribution >= 4 is 30.9 Å². The lowest BCUT2D eigenvalue weighted by Crippen LogP contribution is -2.40. The molecule has 1 heterocycles. The molecule has 0 amide bonds. The van der Waals surface area contributed by atoms with E-state index < -0.39 is 8.32 Å². The molecule has 0 radical (unpaired) electrons. The fourth-order valence-electron chi connectivity index (χ4n) is 0.919. The summed E-state index contributed by atoms with van der Waals surface area (Å²) in [5.74, 6) is 3.04. The van der Waals surface area contributed by atoms with Gasteiger partial charge in [0.05, 0.1) is 6.61 Å². The lowest BCUT2D eigenvalue weighted by atomic mass is 10.2. The van der Waals surface area contributed by atoms with Crippen LogP contribution in [0.4, 0.5) is 0 Å². The largest absolute Gasteiger partial charge is 0.406 e. The van der Waals surface area contributed by atoms with Crippen LogP contribution in [0.25, 0.3) is 0 Å². The first-order valence-electron chi connectivity index (χ1n) is 5.56. The van der Waals surface area contributed by atoms with Gasteiger partial charge in [0.2, 0.25) is 0 Å². The van der Waals surface area contributed by atoms with Gasteiger partial charge in [-0.2, -0.15) is 0 Å². The van der Waals surface area contributed by atoms with Crippen molar-refractivity contribution in [3.8, 4) is 12.0 Å². The standard InChI is InChI=1S/C12H19IN2OSi/c1-12(2,3)17(4,5)16-10-6-8-15-9-7-14-11(15)13/h7,9H,10H2,1-5H3. The van der Waals surface area contributed by atoms with Gasteiger partial charge < -0.3 is 4.43 Å². The van der Waals surface area contributed by atoms with Crippen LogP contribution < -0.4 is 0 Å². The van der Waals surface area contributed by atoms with Crippen LogP contribution in [-0.4, -0.2) is 24.5 Å². The molecule has 94 valence electrons. The molecule has 3 nitrogen and oxygen atoms in total. The molecular weight excluding hydrogens is 343 g/mol. The molecule has 5 heteroatoms. The quantitative estimate of drug-likeness (QED) is 0.459. The van der Waals surface area contributed by atoms with E-state index in [0.29, 0.717) is 6.61 Å². The summed E-state index contributed by atoms with van der Waals surface area (Å²) in [6.07, 6.45) is 3.59. The van der Waals surface area contributed by atoms with Crippen LogP contribution in [0.1, 0.15) is 20.8 Å². The summed E-state index contributed by atoms with van der Waals surface area (Å²) >= 11 is 2.15. The Bertz CT molecular complexity index is 437. The molecule has 0 N–H and O–H groups in total. The minimum absolute atomic E-state index is 0.234. The summed E-state index contributed by atoms with van der Waals surface area (Å²) in [5, 5.41) is 0.234. The van der Waals surface area contributed by atoms with Gasteiger partial charge in [-0.05, 0) is 18.1 Å². The highest BCUT2D eigenvalue weighted by Gasteiger charge is 2.36. The second-order valence-electron chi connectivity index (χ2n) is 5.40. The monoisotopic (exact) mass is 362 g/mol. The molecule has 0 fully saturated rings. The fourth-order valence-corrected chi connectivity index (χ4v) is 2.23. The minimum atomic E-state index is -1.67. The van der Waals surface area contributed by atoms with E-state index in [2.05, 4.69) is 73.4 Å². The Kier molecular flexibility index (Phi) is 4.81. The molecule has 1 aromatic rings. The first-order valence-corrected chi connectivity index (χ1v) is 9.54. The number of halogens is 1. The van der Waals surface area contributed by atoms with Gasteiger partial charge in [0.15, 0.2) is 12.1 Å². The highest BCUT2D eigenvalue weighted by Crippen LogP contribution is 2.36. The average molecular weight is 362 g/mol. The number of nitrogens with zero attached hydrogens (tertiary/aromatic N) is 2. The summed E-state index contributed by atoms with van der Waals surface area (Å²) in [5.41, 5.74) is 0. The highest BCUT2D eigenvalue weighted by molar-refractivity contribution is 14.1. The van der Waals surface area contributed by atoms with Gasteiger partial charge >= 0.3 is 0 Å². The van der Waals surface area contributed by atoms with Gasteiger partial charge in [-0.15, -0.1) is 0 Å². The summed E-state index contributed by atoms with van der Waals surface area (Å²) < 4.78 is 8.64. The van der Waals surface area contributed by atoms with E-state index in [0.717, 1.165) is 3.83 Å². The highest BCUT2D eigenvalue weighted by atomic mass is 127. The maximum Gasteiger partial charge on any atom is 0.193 e. The van der Waals surface area contributed by atoms with Crippen molar-refractivity contribution in [2.75, 3.05) is 6.61 Å². The fraction of sp³-hybridized carbons (Fsp3) is 0.583. The van der Waals surface area contributed by atoms with E-state index >= 15 is 0 Å². The maximum absolute atomic E-state index is 5.96. The Morgan fingerprint density at radius 3 is 2.59 bits per heavy atom. The molecule has 0 saturated carbocycles. The smallest absolute Gasteiger partial charge is 0.193 e. The van der Waals surface area contributed by atoms with E-state index in [1.165, 1.54) is 0 Å². The number of hydrogen-bond donors (Lipinski definition) is 0. The first kappa shape index (κ1) is 14.7. The molecule has 0 atom stereocenters. The van der Waals surface area contributed by atoms with Crippen LogP contribution in [0.15, 0.2) is 12.4 Å². The topological polar surface area (TPSA) is 27.1 Å². The van der Waals surface area contributed by atoms with Crippen molar-refractivity contribution in [1.29, 1.82) is 0 Å². The molecule has 0 bridgehead atoms. The summed E-state index contributed by atoms with van der Waals surface area (Å²) in [7, 11) is -1.67. The molecule has 0 unspecified atom stereocenters. The molecule has 0 aliphatic rings. The molecule has 17 heavy (non-hydrogen) atoms. The third kappa shape index (κ3) is 4.12. The van der Waals surface area contributed by atoms with Crippen LogP contribution in [0.2, 0.25) is 18.1 Å². The molecular formula is C12H19IN2OSi. The van der Waals surface area contributed by atoms with Gasteiger partial charge in [-0.1, -0.05) is 26.7 Å². The SMILES string of the molecule is CC(C)(C)[Si](C)(C)OCC#Cn1ccnc1I. The van der Waals surface area contributed by atoms with Gasteiger partial charge in [0, 0.05) is 41.0 Å². The predicted molar refractivity (Wildman–Crippen MR) is 81.3 cm³/mol. The first-order chi connectivity index (χ1) is 7.74. The third-order valence-electron chi connectivity index (χ3n) is 3.11. The van der Waals surface area contributed by atoms with Crippen LogP contribution in [0, 0.1) is 15.8 Å². The van der Waals surface area contributed by atoms with E-state index in [4.69, 9.17) is 4.43 Å². The van der Waals surface area contributed by atoms with Gasteiger partial charge in [-0.3, -0.25) is 4.57 Å². The Morgan fingerprint density at radius 1 is 1.47 bits per heavy atom. The summed E-state index contributed by atoms with van der Waals surface area (Å²) in [6.45, 7) is 11.6. The van der Waals surface area contributed by atoms with Crippen molar-refractivity contribution in [3.63, 3.8) is 0 Å².